The van der Waals surface area contributed by atoms with Crippen molar-refractivity contribution in [3.05, 3.63) is 34.3 Å². The van der Waals surface area contributed by atoms with Crippen LogP contribution in [0.15, 0.2) is 17.9 Å². The van der Waals surface area contributed by atoms with E-state index in [0.717, 1.165) is 31.0 Å². The van der Waals surface area contributed by atoms with E-state index in [-0.39, 0.29) is 0 Å². The third kappa shape index (κ3) is 3.40. The fraction of sp³-hybridized carbons (Fsp3) is 0.538. The maximum atomic E-state index is 4.63. The Kier molecular flexibility index (Phi) is 4.49. The first-order valence-electron chi connectivity index (χ1n) is 6.34. The molecule has 1 N–H and O–H groups in total. The number of rotatable bonds is 6. The quantitative estimate of drug-likeness (QED) is 0.872. The number of thiazole rings is 1. The summed E-state index contributed by atoms with van der Waals surface area (Å²) in [5.74, 6) is 0.510. The van der Waals surface area contributed by atoms with Crippen molar-refractivity contribution in [3.63, 3.8) is 0 Å². The molecule has 2 aromatic heterocycles. The normalized spacial score (nSPS) is 11.3. The van der Waals surface area contributed by atoms with Gasteiger partial charge in [0, 0.05) is 24.0 Å². The van der Waals surface area contributed by atoms with Crippen LogP contribution in [-0.4, -0.2) is 21.1 Å². The molecule has 0 saturated carbocycles. The van der Waals surface area contributed by atoms with Crippen LogP contribution in [0.5, 0.6) is 0 Å². The van der Waals surface area contributed by atoms with Gasteiger partial charge in [0.05, 0.1) is 29.3 Å². The molecule has 0 aromatic carbocycles. The fourth-order valence-corrected chi connectivity index (χ4v) is 2.51. The van der Waals surface area contributed by atoms with Gasteiger partial charge in [-0.25, -0.2) is 9.97 Å². The van der Waals surface area contributed by atoms with Crippen molar-refractivity contribution < 1.29 is 0 Å². The minimum atomic E-state index is 0.510. The molecule has 4 nitrogen and oxygen atoms in total. The van der Waals surface area contributed by atoms with E-state index in [9.17, 15) is 0 Å². The predicted molar refractivity (Wildman–Crippen MR) is 74.9 cm³/mol. The highest BCUT2D eigenvalue weighted by Crippen LogP contribution is 2.19. The summed E-state index contributed by atoms with van der Waals surface area (Å²) in [6.45, 7) is 9.05. The molecule has 0 atom stereocenters. The summed E-state index contributed by atoms with van der Waals surface area (Å²) >= 11 is 1.74. The van der Waals surface area contributed by atoms with Gasteiger partial charge >= 0.3 is 0 Å². The predicted octanol–water partition coefficient (Wildman–Crippen LogP) is 2.62. The molecule has 0 radical (unpaired) electrons. The lowest BCUT2D eigenvalue weighted by atomic mass is 10.2. The summed E-state index contributed by atoms with van der Waals surface area (Å²) < 4.78 is 2.09. The average molecular weight is 264 g/mol. The van der Waals surface area contributed by atoms with Gasteiger partial charge in [-0.3, -0.25) is 0 Å². The zero-order chi connectivity index (χ0) is 13.0. The molecular formula is C13H20N4S. The molecule has 0 aliphatic carbocycles. The fourth-order valence-electron chi connectivity index (χ4n) is 1.68. The van der Waals surface area contributed by atoms with E-state index < -0.39 is 0 Å². The van der Waals surface area contributed by atoms with Gasteiger partial charge in [0.15, 0.2) is 0 Å². The second kappa shape index (κ2) is 6.11. The highest BCUT2D eigenvalue weighted by Gasteiger charge is 2.06. The van der Waals surface area contributed by atoms with Gasteiger partial charge in [0.2, 0.25) is 0 Å². The number of aromatic nitrogens is 3. The second-order valence-corrected chi connectivity index (χ2v) is 5.54. The molecule has 18 heavy (non-hydrogen) atoms. The van der Waals surface area contributed by atoms with Gasteiger partial charge in [-0.15, -0.1) is 11.3 Å². The lowest BCUT2D eigenvalue weighted by molar-refractivity contribution is 0.711. The van der Waals surface area contributed by atoms with Crippen molar-refractivity contribution >= 4 is 11.3 Å². The number of nitrogens with zero attached hydrogens (tertiary/aromatic N) is 3. The Hall–Kier alpha value is -1.20. The molecule has 5 heteroatoms. The molecule has 0 aliphatic rings. The van der Waals surface area contributed by atoms with Crippen molar-refractivity contribution in [3.8, 4) is 0 Å². The van der Waals surface area contributed by atoms with E-state index in [1.807, 2.05) is 6.33 Å². The monoisotopic (exact) mass is 264 g/mol. The smallest absolute Gasteiger partial charge is 0.0954 e. The molecule has 2 aromatic rings. The summed E-state index contributed by atoms with van der Waals surface area (Å²) in [5, 5.41) is 6.62. The van der Waals surface area contributed by atoms with Crippen molar-refractivity contribution in [2.75, 3.05) is 6.54 Å². The topological polar surface area (TPSA) is 42.7 Å². The van der Waals surface area contributed by atoms with Gasteiger partial charge < -0.3 is 9.88 Å². The molecular weight excluding hydrogens is 244 g/mol. The van der Waals surface area contributed by atoms with Crippen LogP contribution in [0.1, 0.15) is 43.1 Å². The standard InChI is InChI=1S/C13H20N4S/c1-4-14-5-11-6-17(9-15-11)7-12-8-18-13(16-12)10(2)3/h6,8-10,14H,4-5,7H2,1-3H3. The zero-order valence-electron chi connectivity index (χ0n) is 11.2. The largest absolute Gasteiger partial charge is 0.331 e. The first-order chi connectivity index (χ1) is 8.69. The summed E-state index contributed by atoms with van der Waals surface area (Å²) in [6, 6.07) is 0. The minimum absolute atomic E-state index is 0.510. The van der Waals surface area contributed by atoms with E-state index in [1.54, 1.807) is 11.3 Å². The molecule has 0 aliphatic heterocycles. The Morgan fingerprint density at radius 3 is 2.89 bits per heavy atom. The van der Waals surface area contributed by atoms with Gasteiger partial charge in [-0.2, -0.15) is 0 Å². The Morgan fingerprint density at radius 1 is 1.39 bits per heavy atom. The van der Waals surface area contributed by atoms with Gasteiger partial charge in [-0.1, -0.05) is 20.8 Å². The zero-order valence-corrected chi connectivity index (χ0v) is 12.0. The van der Waals surface area contributed by atoms with Crippen LogP contribution in [0.4, 0.5) is 0 Å². The maximum absolute atomic E-state index is 4.63. The van der Waals surface area contributed by atoms with Crippen molar-refractivity contribution in [1.82, 2.24) is 19.9 Å². The number of nitrogens with one attached hydrogen (secondary N) is 1. The first-order valence-corrected chi connectivity index (χ1v) is 7.22. The highest BCUT2D eigenvalue weighted by molar-refractivity contribution is 7.09. The molecule has 0 amide bonds. The van der Waals surface area contributed by atoms with E-state index in [4.69, 9.17) is 0 Å². The maximum Gasteiger partial charge on any atom is 0.0954 e. The van der Waals surface area contributed by atoms with Gasteiger partial charge in [0.25, 0.3) is 0 Å². The van der Waals surface area contributed by atoms with E-state index in [1.165, 1.54) is 5.01 Å². The second-order valence-electron chi connectivity index (χ2n) is 4.65. The van der Waals surface area contributed by atoms with Crippen LogP contribution in [0, 0.1) is 0 Å². The Balaban J connectivity index is 1.97. The van der Waals surface area contributed by atoms with Crippen LogP contribution in [0.25, 0.3) is 0 Å². The summed E-state index contributed by atoms with van der Waals surface area (Å²) in [7, 11) is 0. The van der Waals surface area contributed by atoms with E-state index in [2.05, 4.69) is 52.2 Å². The Labute approximate surface area is 112 Å². The van der Waals surface area contributed by atoms with Crippen LogP contribution < -0.4 is 5.32 Å². The van der Waals surface area contributed by atoms with Crippen LogP contribution in [0.3, 0.4) is 0 Å². The van der Waals surface area contributed by atoms with Gasteiger partial charge in [0.1, 0.15) is 0 Å². The number of hydrogen-bond donors (Lipinski definition) is 1. The molecule has 0 fully saturated rings. The first kappa shape index (κ1) is 13.2. The molecule has 0 spiro atoms. The average Bonchev–Trinajstić information content (AvgIpc) is 2.96. The third-order valence-electron chi connectivity index (χ3n) is 2.65. The van der Waals surface area contributed by atoms with Crippen LogP contribution >= 0.6 is 11.3 Å². The molecule has 2 heterocycles. The van der Waals surface area contributed by atoms with Crippen LogP contribution in [0.2, 0.25) is 0 Å². The lowest BCUT2D eigenvalue weighted by Gasteiger charge is -1.99. The molecule has 98 valence electrons. The van der Waals surface area contributed by atoms with E-state index in [0.29, 0.717) is 5.92 Å². The third-order valence-corrected chi connectivity index (χ3v) is 3.84. The van der Waals surface area contributed by atoms with Crippen molar-refractivity contribution in [2.24, 2.45) is 0 Å². The lowest BCUT2D eigenvalue weighted by Crippen LogP contribution is -2.11. The molecule has 0 bridgehead atoms. The Bertz CT molecular complexity index is 487. The van der Waals surface area contributed by atoms with Crippen molar-refractivity contribution in [2.45, 2.75) is 39.8 Å². The molecule has 0 unspecified atom stereocenters. The minimum Gasteiger partial charge on any atom is -0.331 e. The van der Waals surface area contributed by atoms with Crippen LogP contribution in [-0.2, 0) is 13.1 Å². The van der Waals surface area contributed by atoms with E-state index >= 15 is 0 Å². The molecule has 0 saturated heterocycles. The molecule has 2 rings (SSSR count). The number of imidazole rings is 1. The van der Waals surface area contributed by atoms with Gasteiger partial charge in [-0.05, 0) is 6.54 Å². The highest BCUT2D eigenvalue weighted by atomic mass is 32.1. The summed E-state index contributed by atoms with van der Waals surface area (Å²) in [4.78, 5) is 9.00. The SMILES string of the molecule is CCNCc1cn(Cc2csc(C(C)C)n2)cn1. The summed E-state index contributed by atoms with van der Waals surface area (Å²) in [5.41, 5.74) is 2.20. The number of hydrogen-bond acceptors (Lipinski definition) is 4. The van der Waals surface area contributed by atoms with Crippen molar-refractivity contribution in [1.29, 1.82) is 0 Å². The summed E-state index contributed by atoms with van der Waals surface area (Å²) in [6.07, 6.45) is 3.96. The Morgan fingerprint density at radius 2 is 2.22 bits per heavy atom.